The number of nitro groups is 1. The number of aromatic nitrogens is 2. The summed E-state index contributed by atoms with van der Waals surface area (Å²) in [6, 6.07) is 6.03. The van der Waals surface area contributed by atoms with Crippen LogP contribution in [0.15, 0.2) is 36.7 Å². The summed E-state index contributed by atoms with van der Waals surface area (Å²) < 4.78 is 1.24. The molecule has 2 rings (SSSR count). The predicted molar refractivity (Wildman–Crippen MR) is 68.3 cm³/mol. The highest BCUT2D eigenvalue weighted by atomic mass is 16.6. The van der Waals surface area contributed by atoms with Crippen molar-refractivity contribution in [3.05, 3.63) is 52.3 Å². The van der Waals surface area contributed by atoms with Crippen LogP contribution in [-0.4, -0.2) is 42.7 Å². The topological polar surface area (TPSA) is 122 Å². The average molecular weight is 279 g/mol. The molecule has 8 nitrogen and oxygen atoms in total. The molecule has 0 radical (unpaired) electrons. The molecule has 8 heteroatoms. The number of hydrogen-bond acceptors (Lipinski definition) is 6. The van der Waals surface area contributed by atoms with Gasteiger partial charge < -0.3 is 15.3 Å². The molecule has 1 heterocycles. The van der Waals surface area contributed by atoms with E-state index in [0.717, 1.165) is 0 Å². The number of hydrogen-bond donors (Lipinski definition) is 3. The molecule has 0 aliphatic heterocycles. The largest absolute Gasteiger partial charge is 0.394 e. The van der Waals surface area contributed by atoms with Gasteiger partial charge in [-0.1, -0.05) is 12.1 Å². The molecule has 0 bridgehead atoms. The Hall–Kier alpha value is -2.29. The Balaban J connectivity index is 2.36. The number of nitro benzene ring substituents is 1. The third-order valence-corrected chi connectivity index (χ3v) is 2.82. The first-order chi connectivity index (χ1) is 9.54. The van der Waals surface area contributed by atoms with E-state index in [0.29, 0.717) is 0 Å². The van der Waals surface area contributed by atoms with Crippen LogP contribution in [0.4, 0.5) is 5.69 Å². The van der Waals surface area contributed by atoms with Crippen molar-refractivity contribution in [2.45, 2.75) is 12.2 Å². The van der Waals surface area contributed by atoms with Gasteiger partial charge in [-0.2, -0.15) is 5.10 Å². The molecule has 2 aromatic rings. The molecule has 0 fully saturated rings. The van der Waals surface area contributed by atoms with E-state index in [1.54, 1.807) is 6.07 Å². The zero-order valence-corrected chi connectivity index (χ0v) is 10.3. The van der Waals surface area contributed by atoms with Crippen LogP contribution in [0.1, 0.15) is 11.7 Å². The molecule has 0 aliphatic rings. The van der Waals surface area contributed by atoms with Crippen LogP contribution in [0, 0.1) is 10.1 Å². The van der Waals surface area contributed by atoms with Gasteiger partial charge in [0.15, 0.2) is 0 Å². The second-order valence-electron chi connectivity index (χ2n) is 4.16. The van der Waals surface area contributed by atoms with Gasteiger partial charge in [-0.3, -0.25) is 10.1 Å². The minimum atomic E-state index is -1.33. The molecule has 0 saturated heterocycles. The van der Waals surface area contributed by atoms with Crippen molar-refractivity contribution in [1.29, 1.82) is 0 Å². The standard InChI is InChI=1S/C12H13N3O5/c16-7-11(17)12(18)8-5-13-14(6-8)9-3-1-2-4-10(9)15(19)20/h1-6,11-12,16-18H,7H2. The molecule has 1 aromatic carbocycles. The van der Waals surface area contributed by atoms with Gasteiger partial charge in [-0.25, -0.2) is 4.68 Å². The summed E-state index contributed by atoms with van der Waals surface area (Å²) in [4.78, 5) is 10.4. The van der Waals surface area contributed by atoms with Crippen molar-refractivity contribution in [2.75, 3.05) is 6.61 Å². The third kappa shape index (κ3) is 2.67. The Morgan fingerprint density at radius 1 is 1.35 bits per heavy atom. The number of rotatable bonds is 5. The highest BCUT2D eigenvalue weighted by molar-refractivity contribution is 5.51. The molecule has 0 spiro atoms. The van der Waals surface area contributed by atoms with E-state index in [-0.39, 0.29) is 16.9 Å². The summed E-state index contributed by atoms with van der Waals surface area (Å²) in [5.41, 5.74) is 0.374. The fraction of sp³-hybridized carbons (Fsp3) is 0.250. The van der Waals surface area contributed by atoms with Crippen molar-refractivity contribution in [2.24, 2.45) is 0 Å². The number of para-hydroxylation sites is 2. The maximum Gasteiger partial charge on any atom is 0.294 e. The molecule has 2 unspecified atom stereocenters. The number of aliphatic hydroxyl groups is 3. The van der Waals surface area contributed by atoms with Gasteiger partial charge in [0.1, 0.15) is 17.9 Å². The lowest BCUT2D eigenvalue weighted by atomic mass is 10.1. The van der Waals surface area contributed by atoms with E-state index in [1.165, 1.54) is 35.3 Å². The first-order valence-electron chi connectivity index (χ1n) is 5.80. The van der Waals surface area contributed by atoms with Crippen LogP contribution in [0.3, 0.4) is 0 Å². The first-order valence-corrected chi connectivity index (χ1v) is 5.80. The highest BCUT2D eigenvalue weighted by Gasteiger charge is 2.21. The highest BCUT2D eigenvalue weighted by Crippen LogP contribution is 2.23. The Morgan fingerprint density at radius 3 is 2.70 bits per heavy atom. The fourth-order valence-corrected chi connectivity index (χ4v) is 1.76. The lowest BCUT2D eigenvalue weighted by Crippen LogP contribution is -2.21. The number of nitrogens with zero attached hydrogens (tertiary/aromatic N) is 3. The number of benzene rings is 1. The van der Waals surface area contributed by atoms with Crippen molar-refractivity contribution >= 4 is 5.69 Å². The summed E-state index contributed by atoms with van der Waals surface area (Å²) in [5, 5.41) is 42.7. The van der Waals surface area contributed by atoms with Crippen molar-refractivity contribution < 1.29 is 20.2 Å². The molecule has 0 amide bonds. The smallest absolute Gasteiger partial charge is 0.294 e. The Kier molecular flexibility index (Phi) is 4.08. The minimum Gasteiger partial charge on any atom is -0.394 e. The molecule has 0 aliphatic carbocycles. The van der Waals surface area contributed by atoms with Gasteiger partial charge >= 0.3 is 0 Å². The van der Waals surface area contributed by atoms with E-state index < -0.39 is 23.7 Å². The lowest BCUT2D eigenvalue weighted by Gasteiger charge is -2.13. The normalized spacial score (nSPS) is 13.9. The van der Waals surface area contributed by atoms with Crippen LogP contribution >= 0.6 is 0 Å². The van der Waals surface area contributed by atoms with E-state index in [4.69, 9.17) is 5.11 Å². The molecule has 0 saturated carbocycles. The molecular formula is C12H13N3O5. The minimum absolute atomic E-state index is 0.126. The summed E-state index contributed by atoms with van der Waals surface area (Å²) in [6.45, 7) is -0.599. The predicted octanol–water partition coefficient (Wildman–Crippen LogP) is 0.167. The van der Waals surface area contributed by atoms with Crippen LogP contribution in [0.25, 0.3) is 5.69 Å². The maximum atomic E-state index is 10.9. The molecule has 2 atom stereocenters. The van der Waals surface area contributed by atoms with Crippen molar-refractivity contribution in [1.82, 2.24) is 9.78 Å². The second-order valence-corrected chi connectivity index (χ2v) is 4.16. The molecular weight excluding hydrogens is 266 g/mol. The Bertz CT molecular complexity index is 613. The van der Waals surface area contributed by atoms with Gasteiger partial charge in [0.05, 0.1) is 17.7 Å². The van der Waals surface area contributed by atoms with Gasteiger partial charge in [0.25, 0.3) is 5.69 Å². The van der Waals surface area contributed by atoms with Crippen LogP contribution in [-0.2, 0) is 0 Å². The summed E-state index contributed by atoms with van der Waals surface area (Å²) in [7, 11) is 0. The molecule has 20 heavy (non-hydrogen) atoms. The second kappa shape index (κ2) is 5.78. The molecule has 1 aromatic heterocycles. The van der Waals surface area contributed by atoms with Gasteiger partial charge in [0.2, 0.25) is 0 Å². The van der Waals surface area contributed by atoms with Crippen molar-refractivity contribution in [3.63, 3.8) is 0 Å². The fourth-order valence-electron chi connectivity index (χ4n) is 1.76. The summed E-state index contributed by atoms with van der Waals surface area (Å²) >= 11 is 0. The summed E-state index contributed by atoms with van der Waals surface area (Å²) in [5.74, 6) is 0. The third-order valence-electron chi connectivity index (χ3n) is 2.82. The van der Waals surface area contributed by atoms with E-state index in [2.05, 4.69) is 5.10 Å². The Labute approximate surface area is 113 Å². The lowest BCUT2D eigenvalue weighted by molar-refractivity contribution is -0.384. The van der Waals surface area contributed by atoms with Crippen LogP contribution in [0.5, 0.6) is 0 Å². The number of aliphatic hydroxyl groups excluding tert-OH is 3. The average Bonchev–Trinajstić information content (AvgIpc) is 2.95. The van der Waals surface area contributed by atoms with E-state index >= 15 is 0 Å². The quantitative estimate of drug-likeness (QED) is 0.529. The molecule has 3 N–H and O–H groups in total. The zero-order valence-electron chi connectivity index (χ0n) is 10.3. The van der Waals surface area contributed by atoms with Crippen molar-refractivity contribution in [3.8, 4) is 5.69 Å². The SMILES string of the molecule is O=[N+]([O-])c1ccccc1-n1cc(C(O)C(O)CO)cn1. The summed E-state index contributed by atoms with van der Waals surface area (Å²) in [6.07, 6.45) is 0.00141. The Morgan fingerprint density at radius 2 is 2.05 bits per heavy atom. The van der Waals surface area contributed by atoms with E-state index in [9.17, 15) is 20.3 Å². The molecule has 106 valence electrons. The zero-order chi connectivity index (χ0) is 14.7. The van der Waals surface area contributed by atoms with Gasteiger partial charge in [-0.15, -0.1) is 0 Å². The van der Waals surface area contributed by atoms with Gasteiger partial charge in [0, 0.05) is 17.8 Å². The van der Waals surface area contributed by atoms with Crippen LogP contribution in [0.2, 0.25) is 0 Å². The first kappa shape index (κ1) is 14.1. The van der Waals surface area contributed by atoms with Crippen LogP contribution < -0.4 is 0 Å². The van der Waals surface area contributed by atoms with Gasteiger partial charge in [-0.05, 0) is 6.07 Å². The monoisotopic (exact) mass is 279 g/mol. The maximum absolute atomic E-state index is 10.9. The van der Waals surface area contributed by atoms with E-state index in [1.807, 2.05) is 0 Å².